The van der Waals surface area contributed by atoms with Crippen LogP contribution in [0.15, 0.2) is 61.1 Å². The molecule has 1 aromatic carbocycles. The SMILES string of the molecule is O=C(c1ccnc2ccccc12)N(Cc1ccncc1)C1CCCCC1. The van der Waals surface area contributed by atoms with Gasteiger partial charge in [-0.1, -0.05) is 37.5 Å². The number of carbonyl (C=O) groups is 1. The number of hydrogen-bond acceptors (Lipinski definition) is 3. The maximum atomic E-state index is 13.5. The molecule has 4 nitrogen and oxygen atoms in total. The molecule has 132 valence electrons. The second-order valence-electron chi connectivity index (χ2n) is 6.96. The molecule has 0 unspecified atom stereocenters. The monoisotopic (exact) mass is 345 g/mol. The summed E-state index contributed by atoms with van der Waals surface area (Å²) in [6.45, 7) is 0.628. The van der Waals surface area contributed by atoms with Gasteiger partial charge in [-0.25, -0.2) is 0 Å². The molecular weight excluding hydrogens is 322 g/mol. The van der Waals surface area contributed by atoms with Crippen LogP contribution in [0.25, 0.3) is 10.9 Å². The van der Waals surface area contributed by atoms with Gasteiger partial charge in [0.05, 0.1) is 11.1 Å². The van der Waals surface area contributed by atoms with Gasteiger partial charge in [-0.05, 0) is 42.7 Å². The summed E-state index contributed by atoms with van der Waals surface area (Å²) in [6.07, 6.45) is 11.2. The first-order chi connectivity index (χ1) is 12.8. The number of aromatic nitrogens is 2. The highest BCUT2D eigenvalue weighted by molar-refractivity contribution is 6.06. The number of hydrogen-bond donors (Lipinski definition) is 0. The molecule has 0 radical (unpaired) electrons. The van der Waals surface area contributed by atoms with Crippen molar-refractivity contribution in [1.29, 1.82) is 0 Å². The van der Waals surface area contributed by atoms with Gasteiger partial charge in [0.2, 0.25) is 0 Å². The average Bonchev–Trinajstić information content (AvgIpc) is 2.72. The summed E-state index contributed by atoms with van der Waals surface area (Å²) in [7, 11) is 0. The zero-order valence-electron chi connectivity index (χ0n) is 14.8. The molecule has 4 rings (SSSR count). The molecule has 2 heterocycles. The van der Waals surface area contributed by atoms with Gasteiger partial charge in [0.15, 0.2) is 0 Å². The Morgan fingerprint density at radius 1 is 0.962 bits per heavy atom. The molecule has 1 amide bonds. The molecule has 1 aliphatic carbocycles. The summed E-state index contributed by atoms with van der Waals surface area (Å²) in [6, 6.07) is 14.0. The van der Waals surface area contributed by atoms with Crippen molar-refractivity contribution in [2.75, 3.05) is 0 Å². The van der Waals surface area contributed by atoms with Crippen molar-refractivity contribution in [3.8, 4) is 0 Å². The van der Waals surface area contributed by atoms with E-state index in [1.807, 2.05) is 42.5 Å². The van der Waals surface area contributed by atoms with Crippen molar-refractivity contribution in [2.45, 2.75) is 44.7 Å². The fraction of sp³-hybridized carbons (Fsp3) is 0.318. The first kappa shape index (κ1) is 16.7. The van der Waals surface area contributed by atoms with Crippen LogP contribution >= 0.6 is 0 Å². The Morgan fingerprint density at radius 3 is 2.54 bits per heavy atom. The molecule has 0 atom stereocenters. The highest BCUT2D eigenvalue weighted by atomic mass is 16.2. The predicted molar refractivity (Wildman–Crippen MR) is 103 cm³/mol. The molecule has 0 N–H and O–H groups in total. The van der Waals surface area contributed by atoms with Crippen LogP contribution in [0, 0.1) is 0 Å². The predicted octanol–water partition coefficient (Wildman–Crippen LogP) is 4.60. The first-order valence-electron chi connectivity index (χ1n) is 9.36. The van der Waals surface area contributed by atoms with E-state index in [9.17, 15) is 4.79 Å². The van der Waals surface area contributed by atoms with Gasteiger partial charge in [-0.15, -0.1) is 0 Å². The van der Waals surface area contributed by atoms with Crippen LogP contribution < -0.4 is 0 Å². The van der Waals surface area contributed by atoms with Crippen molar-refractivity contribution in [1.82, 2.24) is 14.9 Å². The highest BCUT2D eigenvalue weighted by Crippen LogP contribution is 2.27. The number of benzene rings is 1. The largest absolute Gasteiger partial charge is 0.331 e. The zero-order chi connectivity index (χ0) is 17.8. The lowest BCUT2D eigenvalue weighted by Gasteiger charge is -2.35. The first-order valence-corrected chi connectivity index (χ1v) is 9.36. The molecule has 0 spiro atoms. The van der Waals surface area contributed by atoms with Crippen LogP contribution in [0.4, 0.5) is 0 Å². The van der Waals surface area contributed by atoms with Crippen molar-refractivity contribution in [2.24, 2.45) is 0 Å². The summed E-state index contributed by atoms with van der Waals surface area (Å²) in [5, 5.41) is 0.926. The van der Waals surface area contributed by atoms with Crippen molar-refractivity contribution >= 4 is 16.8 Å². The van der Waals surface area contributed by atoms with E-state index in [0.717, 1.165) is 34.9 Å². The maximum absolute atomic E-state index is 13.5. The van der Waals surface area contributed by atoms with Crippen molar-refractivity contribution in [3.05, 3.63) is 72.2 Å². The average molecular weight is 345 g/mol. The number of nitrogens with zero attached hydrogens (tertiary/aromatic N) is 3. The summed E-state index contributed by atoms with van der Waals surface area (Å²) in [5.74, 6) is 0.104. The summed E-state index contributed by atoms with van der Waals surface area (Å²) in [4.78, 5) is 24.1. The molecule has 26 heavy (non-hydrogen) atoms. The maximum Gasteiger partial charge on any atom is 0.255 e. The van der Waals surface area contributed by atoms with Crippen LogP contribution in [0.5, 0.6) is 0 Å². The van der Waals surface area contributed by atoms with Gasteiger partial charge >= 0.3 is 0 Å². The number of carbonyl (C=O) groups excluding carboxylic acids is 1. The smallest absolute Gasteiger partial charge is 0.255 e. The van der Waals surface area contributed by atoms with E-state index in [1.54, 1.807) is 18.6 Å². The Labute approximate surface area is 153 Å². The number of fused-ring (bicyclic) bond motifs is 1. The summed E-state index contributed by atoms with van der Waals surface area (Å²) >= 11 is 0. The van der Waals surface area contributed by atoms with E-state index < -0.39 is 0 Å². The standard InChI is InChI=1S/C22H23N3O/c26-22(20-12-15-24-21-9-5-4-8-19(20)21)25(18-6-2-1-3-7-18)16-17-10-13-23-14-11-17/h4-5,8-15,18H,1-3,6-7,16H2. The normalized spacial score (nSPS) is 15.1. The molecule has 0 aliphatic heterocycles. The zero-order valence-corrected chi connectivity index (χ0v) is 14.8. The molecule has 1 aliphatic rings. The van der Waals surface area contributed by atoms with E-state index in [-0.39, 0.29) is 5.91 Å². The van der Waals surface area contributed by atoms with Gasteiger partial charge in [0, 0.05) is 36.6 Å². The Hall–Kier alpha value is -2.75. The third kappa shape index (κ3) is 3.45. The number of rotatable bonds is 4. The van der Waals surface area contributed by atoms with Crippen LogP contribution in [0.3, 0.4) is 0 Å². The van der Waals surface area contributed by atoms with E-state index in [1.165, 1.54) is 19.3 Å². The minimum atomic E-state index is 0.104. The van der Waals surface area contributed by atoms with Crippen LogP contribution in [0.2, 0.25) is 0 Å². The second-order valence-corrected chi connectivity index (χ2v) is 6.96. The quantitative estimate of drug-likeness (QED) is 0.694. The van der Waals surface area contributed by atoms with E-state index in [4.69, 9.17) is 0 Å². The van der Waals surface area contributed by atoms with E-state index in [0.29, 0.717) is 12.6 Å². The Morgan fingerprint density at radius 2 is 1.73 bits per heavy atom. The summed E-state index contributed by atoms with van der Waals surface area (Å²) < 4.78 is 0. The number of para-hydroxylation sites is 1. The summed E-state index contributed by atoms with van der Waals surface area (Å²) in [5.41, 5.74) is 2.73. The molecule has 2 aromatic heterocycles. The van der Waals surface area contributed by atoms with Gasteiger partial charge in [-0.3, -0.25) is 14.8 Å². The van der Waals surface area contributed by atoms with Gasteiger partial charge < -0.3 is 4.90 Å². The minimum absolute atomic E-state index is 0.104. The molecule has 3 aromatic rings. The number of amides is 1. The van der Waals surface area contributed by atoms with Crippen molar-refractivity contribution in [3.63, 3.8) is 0 Å². The lowest BCUT2D eigenvalue weighted by atomic mass is 9.93. The Balaban J connectivity index is 1.71. The molecule has 1 fully saturated rings. The van der Waals surface area contributed by atoms with E-state index in [2.05, 4.69) is 14.9 Å². The van der Waals surface area contributed by atoms with Gasteiger partial charge in [0.1, 0.15) is 0 Å². The van der Waals surface area contributed by atoms with E-state index >= 15 is 0 Å². The van der Waals surface area contributed by atoms with Crippen LogP contribution in [-0.4, -0.2) is 26.8 Å². The fourth-order valence-corrected chi connectivity index (χ4v) is 3.88. The van der Waals surface area contributed by atoms with Gasteiger partial charge in [0.25, 0.3) is 5.91 Å². The fourth-order valence-electron chi connectivity index (χ4n) is 3.88. The Bertz CT molecular complexity index is 883. The third-order valence-corrected chi connectivity index (χ3v) is 5.26. The molecule has 4 heteroatoms. The number of pyridine rings is 2. The third-order valence-electron chi connectivity index (χ3n) is 5.26. The molecular formula is C22H23N3O. The van der Waals surface area contributed by atoms with Gasteiger partial charge in [-0.2, -0.15) is 0 Å². The molecule has 0 saturated heterocycles. The second kappa shape index (κ2) is 7.65. The molecule has 0 bridgehead atoms. The lowest BCUT2D eigenvalue weighted by molar-refractivity contribution is 0.0616. The highest BCUT2D eigenvalue weighted by Gasteiger charge is 2.27. The minimum Gasteiger partial charge on any atom is -0.331 e. The van der Waals surface area contributed by atoms with Crippen molar-refractivity contribution < 1.29 is 4.79 Å². The van der Waals surface area contributed by atoms with Crippen LogP contribution in [0.1, 0.15) is 48.0 Å². The topological polar surface area (TPSA) is 46.1 Å². The lowest BCUT2D eigenvalue weighted by Crippen LogP contribution is -2.41. The Kier molecular flexibility index (Phi) is 4.91. The molecule has 1 saturated carbocycles. The van der Waals surface area contributed by atoms with Crippen LogP contribution in [-0.2, 0) is 6.54 Å².